The van der Waals surface area contributed by atoms with E-state index in [9.17, 15) is 4.79 Å². The summed E-state index contributed by atoms with van der Waals surface area (Å²) < 4.78 is 0. The molecule has 1 heterocycles. The second-order valence-electron chi connectivity index (χ2n) is 5.59. The van der Waals surface area contributed by atoms with Crippen LogP contribution in [0.25, 0.3) is 0 Å². The smallest absolute Gasteiger partial charge is 0.222 e. The van der Waals surface area contributed by atoms with Crippen LogP contribution in [0, 0.1) is 5.92 Å². The Morgan fingerprint density at radius 3 is 2.68 bits per heavy atom. The molecule has 2 aliphatic rings. The fourth-order valence-corrected chi connectivity index (χ4v) is 3.88. The van der Waals surface area contributed by atoms with Crippen molar-refractivity contribution in [2.45, 2.75) is 30.9 Å². The lowest BCUT2D eigenvalue weighted by Gasteiger charge is -2.20. The van der Waals surface area contributed by atoms with Crippen molar-refractivity contribution in [1.29, 1.82) is 0 Å². The number of rotatable bonds is 3. The zero-order valence-electron chi connectivity index (χ0n) is 11.3. The summed E-state index contributed by atoms with van der Waals surface area (Å²) in [6, 6.07) is 10.7. The molecule has 0 N–H and O–H groups in total. The van der Waals surface area contributed by atoms with Crippen LogP contribution in [0.1, 0.15) is 36.5 Å². The molecular formula is C16H21NOS. The van der Waals surface area contributed by atoms with Gasteiger partial charge in [-0.2, -0.15) is 11.8 Å². The van der Waals surface area contributed by atoms with Gasteiger partial charge in [0.1, 0.15) is 0 Å². The van der Waals surface area contributed by atoms with Crippen molar-refractivity contribution in [2.75, 3.05) is 18.8 Å². The minimum atomic E-state index is 0.386. The molecule has 3 heteroatoms. The van der Waals surface area contributed by atoms with Crippen molar-refractivity contribution >= 4 is 17.7 Å². The average Bonchev–Trinajstić information content (AvgIpc) is 3.25. The molecule has 0 aromatic heterocycles. The Morgan fingerprint density at radius 1 is 1.16 bits per heavy atom. The van der Waals surface area contributed by atoms with E-state index in [0.717, 1.165) is 31.7 Å². The number of hydrogen-bond donors (Lipinski definition) is 0. The Hall–Kier alpha value is -0.960. The molecule has 2 nitrogen and oxygen atoms in total. The Balaban J connectivity index is 1.57. The van der Waals surface area contributed by atoms with Crippen LogP contribution in [-0.4, -0.2) is 29.6 Å². The zero-order chi connectivity index (χ0) is 13.1. The molecule has 1 aromatic carbocycles. The fourth-order valence-electron chi connectivity index (χ4n) is 2.65. The number of carbonyl (C=O) groups is 1. The van der Waals surface area contributed by atoms with Crippen molar-refractivity contribution in [2.24, 2.45) is 5.92 Å². The topological polar surface area (TPSA) is 20.3 Å². The van der Waals surface area contributed by atoms with E-state index in [0.29, 0.717) is 17.1 Å². The van der Waals surface area contributed by atoms with E-state index in [1.807, 2.05) is 11.8 Å². The Labute approximate surface area is 119 Å². The van der Waals surface area contributed by atoms with E-state index in [4.69, 9.17) is 0 Å². The summed E-state index contributed by atoms with van der Waals surface area (Å²) in [7, 11) is 0. The van der Waals surface area contributed by atoms with E-state index < -0.39 is 0 Å². The standard InChI is InChI=1S/C16H21NOS/c18-16(12-13-6-7-13)17-9-8-15(19-11-10-17)14-4-2-1-3-5-14/h1-5,13,15H,6-12H2/t15-/m1/s1. The lowest BCUT2D eigenvalue weighted by atomic mass is 10.1. The van der Waals surface area contributed by atoms with Crippen molar-refractivity contribution in [3.63, 3.8) is 0 Å². The number of carbonyl (C=O) groups excluding carboxylic acids is 1. The summed E-state index contributed by atoms with van der Waals surface area (Å²) in [6.45, 7) is 1.86. The normalized spacial score (nSPS) is 24.0. The first-order valence-electron chi connectivity index (χ1n) is 7.27. The average molecular weight is 275 g/mol. The maximum atomic E-state index is 12.2. The second kappa shape index (κ2) is 6.00. The molecule has 3 rings (SSSR count). The first-order valence-corrected chi connectivity index (χ1v) is 8.32. The fraction of sp³-hybridized carbons (Fsp3) is 0.562. The number of thioether (sulfide) groups is 1. The maximum absolute atomic E-state index is 12.2. The Bertz CT molecular complexity index is 430. The summed E-state index contributed by atoms with van der Waals surface area (Å²) in [5.74, 6) is 2.15. The molecule has 1 saturated carbocycles. The number of amides is 1. The molecule has 1 aliphatic heterocycles. The molecule has 102 valence electrons. The SMILES string of the molecule is O=C(CC1CC1)N1CCS[C@@H](c2ccccc2)CC1. The molecule has 19 heavy (non-hydrogen) atoms. The van der Waals surface area contributed by atoms with Crippen LogP contribution in [-0.2, 0) is 4.79 Å². The molecule has 1 atom stereocenters. The molecule has 1 saturated heterocycles. The second-order valence-corrected chi connectivity index (χ2v) is 6.90. The molecule has 0 radical (unpaired) electrons. The van der Waals surface area contributed by atoms with Gasteiger partial charge in [0, 0.05) is 30.5 Å². The summed E-state index contributed by atoms with van der Waals surface area (Å²) in [5, 5.41) is 0.555. The van der Waals surface area contributed by atoms with Crippen molar-refractivity contribution in [3.8, 4) is 0 Å². The van der Waals surface area contributed by atoms with Gasteiger partial charge >= 0.3 is 0 Å². The van der Waals surface area contributed by atoms with Crippen LogP contribution in [0.4, 0.5) is 0 Å². The van der Waals surface area contributed by atoms with Gasteiger partial charge in [-0.1, -0.05) is 30.3 Å². The largest absolute Gasteiger partial charge is 0.342 e. The minimum Gasteiger partial charge on any atom is -0.342 e. The monoisotopic (exact) mass is 275 g/mol. The highest BCUT2D eigenvalue weighted by atomic mass is 32.2. The van der Waals surface area contributed by atoms with Gasteiger partial charge in [0.2, 0.25) is 5.91 Å². The third-order valence-corrected chi connectivity index (χ3v) is 5.35. The van der Waals surface area contributed by atoms with Crippen molar-refractivity contribution in [1.82, 2.24) is 4.90 Å². The van der Waals surface area contributed by atoms with Crippen LogP contribution in [0.5, 0.6) is 0 Å². The first-order chi connectivity index (χ1) is 9.33. The van der Waals surface area contributed by atoms with Crippen molar-refractivity contribution in [3.05, 3.63) is 35.9 Å². The highest BCUT2D eigenvalue weighted by Gasteiger charge is 2.28. The van der Waals surface area contributed by atoms with E-state index in [1.54, 1.807) is 0 Å². The highest BCUT2D eigenvalue weighted by molar-refractivity contribution is 7.99. The van der Waals surface area contributed by atoms with Gasteiger partial charge in [0.25, 0.3) is 0 Å². The van der Waals surface area contributed by atoms with E-state index >= 15 is 0 Å². The molecule has 0 spiro atoms. The Kier molecular flexibility index (Phi) is 4.12. The van der Waals surface area contributed by atoms with Crippen LogP contribution in [0.15, 0.2) is 30.3 Å². The van der Waals surface area contributed by atoms with Gasteiger partial charge in [-0.05, 0) is 30.7 Å². The first kappa shape index (κ1) is 13.0. The number of benzene rings is 1. The van der Waals surface area contributed by atoms with Crippen LogP contribution in [0.3, 0.4) is 0 Å². The molecule has 1 aromatic rings. The zero-order valence-corrected chi connectivity index (χ0v) is 12.1. The number of nitrogens with zero attached hydrogens (tertiary/aromatic N) is 1. The lowest BCUT2D eigenvalue weighted by molar-refractivity contribution is -0.131. The summed E-state index contributed by atoms with van der Waals surface area (Å²) in [6.07, 6.45) is 4.41. The van der Waals surface area contributed by atoms with E-state index in [2.05, 4.69) is 35.2 Å². The van der Waals surface area contributed by atoms with Gasteiger partial charge < -0.3 is 4.90 Å². The number of hydrogen-bond acceptors (Lipinski definition) is 2. The third kappa shape index (κ3) is 3.53. The third-order valence-electron chi connectivity index (χ3n) is 4.03. The van der Waals surface area contributed by atoms with Crippen LogP contribution in [0.2, 0.25) is 0 Å². The minimum absolute atomic E-state index is 0.386. The molecule has 0 unspecified atom stereocenters. The predicted octanol–water partition coefficient (Wildman–Crippen LogP) is 3.49. The van der Waals surface area contributed by atoms with Gasteiger partial charge in [0.15, 0.2) is 0 Å². The van der Waals surface area contributed by atoms with Crippen LogP contribution < -0.4 is 0 Å². The molecular weight excluding hydrogens is 254 g/mol. The maximum Gasteiger partial charge on any atom is 0.222 e. The molecule has 1 aliphatic carbocycles. The van der Waals surface area contributed by atoms with E-state index in [-0.39, 0.29) is 0 Å². The van der Waals surface area contributed by atoms with Crippen molar-refractivity contribution < 1.29 is 4.79 Å². The summed E-state index contributed by atoms with van der Waals surface area (Å²) in [4.78, 5) is 14.3. The lowest BCUT2D eigenvalue weighted by Crippen LogP contribution is -2.33. The van der Waals surface area contributed by atoms with Gasteiger partial charge in [0.05, 0.1) is 0 Å². The molecule has 0 bridgehead atoms. The summed E-state index contributed by atoms with van der Waals surface area (Å²) >= 11 is 2.00. The van der Waals surface area contributed by atoms with Crippen LogP contribution >= 0.6 is 11.8 Å². The highest BCUT2D eigenvalue weighted by Crippen LogP contribution is 2.36. The predicted molar refractivity (Wildman–Crippen MR) is 80.2 cm³/mol. The molecule has 2 fully saturated rings. The van der Waals surface area contributed by atoms with Gasteiger partial charge in [-0.25, -0.2) is 0 Å². The molecule has 1 amide bonds. The summed E-state index contributed by atoms with van der Waals surface area (Å²) in [5.41, 5.74) is 1.41. The van der Waals surface area contributed by atoms with Gasteiger partial charge in [-0.15, -0.1) is 0 Å². The Morgan fingerprint density at radius 2 is 1.95 bits per heavy atom. The van der Waals surface area contributed by atoms with E-state index in [1.165, 1.54) is 18.4 Å². The van der Waals surface area contributed by atoms with Gasteiger partial charge in [-0.3, -0.25) is 4.79 Å². The quantitative estimate of drug-likeness (QED) is 0.841.